The Balaban J connectivity index is 3.03. The van der Waals surface area contributed by atoms with Crippen molar-refractivity contribution in [2.75, 3.05) is 26.0 Å². The van der Waals surface area contributed by atoms with Crippen molar-refractivity contribution >= 4 is 17.3 Å². The summed E-state index contributed by atoms with van der Waals surface area (Å²) in [6.07, 6.45) is -4.66. The minimum atomic E-state index is -4.66. The van der Waals surface area contributed by atoms with E-state index in [0.717, 1.165) is 12.1 Å². The van der Waals surface area contributed by atoms with Crippen molar-refractivity contribution in [1.29, 1.82) is 0 Å². The number of benzene rings is 1. The fourth-order valence-corrected chi connectivity index (χ4v) is 1.34. The lowest BCUT2D eigenvalue weighted by Crippen LogP contribution is -2.28. The second-order valence-electron chi connectivity index (χ2n) is 4.13. The van der Waals surface area contributed by atoms with Crippen LogP contribution in [-0.4, -0.2) is 36.4 Å². The van der Waals surface area contributed by atoms with Gasteiger partial charge in [0.15, 0.2) is 0 Å². The van der Waals surface area contributed by atoms with Crippen LogP contribution in [0.3, 0.4) is 0 Å². The smallest absolute Gasteiger partial charge is 0.371 e. The molecule has 1 N–H and O–H groups in total. The Morgan fingerprint density at radius 1 is 1.40 bits per heavy atom. The Labute approximate surface area is 112 Å². The van der Waals surface area contributed by atoms with Gasteiger partial charge in [-0.2, -0.15) is 13.2 Å². The van der Waals surface area contributed by atoms with Gasteiger partial charge in [0.05, 0.1) is 17.0 Å². The molecule has 20 heavy (non-hydrogen) atoms. The van der Waals surface area contributed by atoms with E-state index in [4.69, 9.17) is 0 Å². The molecule has 9 heteroatoms. The fraction of sp³-hybridized carbons (Fsp3) is 0.364. The van der Waals surface area contributed by atoms with Crippen LogP contribution in [-0.2, 0) is 11.0 Å². The normalized spacial score (nSPS) is 11.1. The molecule has 6 nitrogen and oxygen atoms in total. The van der Waals surface area contributed by atoms with Gasteiger partial charge >= 0.3 is 6.18 Å². The van der Waals surface area contributed by atoms with Gasteiger partial charge < -0.3 is 10.2 Å². The third-order valence-corrected chi connectivity index (χ3v) is 2.45. The van der Waals surface area contributed by atoms with Gasteiger partial charge in [0, 0.05) is 20.2 Å². The van der Waals surface area contributed by atoms with Crippen molar-refractivity contribution in [2.24, 2.45) is 0 Å². The number of hydrogen-bond acceptors (Lipinski definition) is 4. The number of halogens is 3. The van der Waals surface area contributed by atoms with Gasteiger partial charge in [-0.05, 0) is 12.1 Å². The summed E-state index contributed by atoms with van der Waals surface area (Å²) in [5, 5.41) is 13.2. The van der Waals surface area contributed by atoms with Crippen molar-refractivity contribution in [2.45, 2.75) is 6.18 Å². The molecule has 0 heterocycles. The highest BCUT2D eigenvalue weighted by Gasteiger charge is 2.33. The molecule has 110 valence electrons. The Morgan fingerprint density at radius 2 is 2.00 bits per heavy atom. The van der Waals surface area contributed by atoms with Crippen LogP contribution in [0, 0.1) is 10.1 Å². The zero-order valence-electron chi connectivity index (χ0n) is 10.7. The first-order chi connectivity index (χ1) is 9.12. The maximum Gasteiger partial charge on any atom is 0.416 e. The highest BCUT2D eigenvalue weighted by molar-refractivity contribution is 5.81. The number of nitro benzene ring substituents is 1. The monoisotopic (exact) mass is 291 g/mol. The second kappa shape index (κ2) is 5.76. The van der Waals surface area contributed by atoms with E-state index in [1.807, 2.05) is 0 Å². The molecule has 0 aromatic heterocycles. The summed E-state index contributed by atoms with van der Waals surface area (Å²) in [4.78, 5) is 22.4. The first-order valence-corrected chi connectivity index (χ1v) is 5.42. The molecule has 0 radical (unpaired) electrons. The van der Waals surface area contributed by atoms with Crippen LogP contribution in [0.15, 0.2) is 18.2 Å². The summed E-state index contributed by atoms with van der Waals surface area (Å²) in [6, 6.07) is 2.09. The highest BCUT2D eigenvalue weighted by Crippen LogP contribution is 2.34. The minimum absolute atomic E-state index is 0.141. The van der Waals surface area contributed by atoms with E-state index in [9.17, 15) is 28.1 Å². The lowest BCUT2D eigenvalue weighted by Gasteiger charge is -2.13. The van der Waals surface area contributed by atoms with E-state index in [-0.39, 0.29) is 18.1 Å². The van der Waals surface area contributed by atoms with Gasteiger partial charge in [0.25, 0.3) is 5.69 Å². The number of nitrogens with zero attached hydrogens (tertiary/aromatic N) is 2. The number of anilines is 1. The molecule has 0 saturated carbocycles. The minimum Gasteiger partial charge on any atom is -0.371 e. The first-order valence-electron chi connectivity index (χ1n) is 5.42. The number of carbonyl (C=O) groups is 1. The van der Waals surface area contributed by atoms with E-state index in [1.54, 1.807) is 0 Å². The van der Waals surface area contributed by atoms with Gasteiger partial charge in [0.2, 0.25) is 5.91 Å². The molecule has 0 aliphatic rings. The fourth-order valence-electron chi connectivity index (χ4n) is 1.34. The van der Waals surface area contributed by atoms with Gasteiger partial charge in [-0.3, -0.25) is 14.9 Å². The largest absolute Gasteiger partial charge is 0.416 e. The molecule has 0 aliphatic carbocycles. The maximum atomic E-state index is 12.5. The summed E-state index contributed by atoms with van der Waals surface area (Å²) in [6.45, 7) is -0.251. The molecule has 0 fully saturated rings. The van der Waals surface area contributed by atoms with Crippen molar-refractivity contribution in [3.05, 3.63) is 33.9 Å². The van der Waals surface area contributed by atoms with E-state index in [2.05, 4.69) is 5.32 Å². The predicted octanol–water partition coefficient (Wildman–Crippen LogP) is 2.11. The quantitative estimate of drug-likeness (QED) is 0.681. The first kappa shape index (κ1) is 15.7. The van der Waals surface area contributed by atoms with Gasteiger partial charge in [-0.1, -0.05) is 0 Å². The van der Waals surface area contributed by atoms with Crippen molar-refractivity contribution in [1.82, 2.24) is 4.90 Å². The second-order valence-corrected chi connectivity index (χ2v) is 4.13. The number of rotatable bonds is 4. The molecule has 0 unspecified atom stereocenters. The van der Waals surface area contributed by atoms with Gasteiger partial charge in [0.1, 0.15) is 5.69 Å². The Kier molecular flexibility index (Phi) is 4.53. The zero-order valence-corrected chi connectivity index (χ0v) is 10.7. The Hall–Kier alpha value is -2.32. The third kappa shape index (κ3) is 3.84. The summed E-state index contributed by atoms with van der Waals surface area (Å²) >= 11 is 0. The number of carbonyl (C=O) groups excluding carboxylic acids is 1. The molecule has 1 aromatic carbocycles. The number of likely N-dealkylation sites (N-methyl/N-ethyl adjacent to an activating group) is 1. The SMILES string of the molecule is CN(C)C(=O)CNc1ccc(C(F)(F)F)cc1[N+](=O)[O-]. The molecular formula is C11H12F3N3O3. The Morgan fingerprint density at radius 3 is 2.45 bits per heavy atom. The van der Waals surface area contributed by atoms with Crippen molar-refractivity contribution in [3.8, 4) is 0 Å². The number of alkyl halides is 3. The lowest BCUT2D eigenvalue weighted by atomic mass is 10.1. The summed E-state index contributed by atoms with van der Waals surface area (Å²) in [5.41, 5.74) is -1.99. The van der Waals surface area contributed by atoms with Gasteiger partial charge in [-0.25, -0.2) is 0 Å². The summed E-state index contributed by atoms with van der Waals surface area (Å²) < 4.78 is 37.4. The van der Waals surface area contributed by atoms with Crippen LogP contribution in [0.4, 0.5) is 24.5 Å². The topological polar surface area (TPSA) is 75.5 Å². The molecule has 0 atom stereocenters. The number of nitro groups is 1. The summed E-state index contributed by atoms with van der Waals surface area (Å²) in [5.74, 6) is -0.362. The molecule has 0 saturated heterocycles. The van der Waals surface area contributed by atoms with Crippen molar-refractivity contribution < 1.29 is 22.9 Å². The van der Waals surface area contributed by atoms with Crippen LogP contribution < -0.4 is 5.32 Å². The van der Waals surface area contributed by atoms with Crippen LogP contribution in [0.1, 0.15) is 5.56 Å². The maximum absolute atomic E-state index is 12.5. The van der Waals surface area contributed by atoms with E-state index in [1.165, 1.54) is 19.0 Å². The number of amides is 1. The molecule has 0 bridgehead atoms. The molecule has 1 rings (SSSR count). The molecular weight excluding hydrogens is 279 g/mol. The summed E-state index contributed by atoms with van der Waals surface area (Å²) in [7, 11) is 2.98. The highest BCUT2D eigenvalue weighted by atomic mass is 19.4. The predicted molar refractivity (Wildman–Crippen MR) is 65.3 cm³/mol. The zero-order chi connectivity index (χ0) is 15.5. The van der Waals surface area contributed by atoms with Crippen LogP contribution >= 0.6 is 0 Å². The van der Waals surface area contributed by atoms with E-state index in [0.29, 0.717) is 6.07 Å². The molecule has 1 amide bonds. The molecule has 0 spiro atoms. The van der Waals surface area contributed by atoms with Crippen LogP contribution in [0.25, 0.3) is 0 Å². The van der Waals surface area contributed by atoms with E-state index < -0.39 is 22.4 Å². The average molecular weight is 291 g/mol. The standard InChI is InChI=1S/C11H12F3N3O3/c1-16(2)10(18)6-15-8-4-3-7(11(12,13)14)5-9(8)17(19)20/h3-5,15H,6H2,1-2H3. The molecule has 1 aromatic rings. The lowest BCUT2D eigenvalue weighted by molar-refractivity contribution is -0.384. The van der Waals surface area contributed by atoms with Crippen LogP contribution in [0.5, 0.6) is 0 Å². The third-order valence-electron chi connectivity index (χ3n) is 2.45. The van der Waals surface area contributed by atoms with Crippen molar-refractivity contribution in [3.63, 3.8) is 0 Å². The van der Waals surface area contributed by atoms with E-state index >= 15 is 0 Å². The average Bonchev–Trinajstić information content (AvgIpc) is 2.34. The van der Waals surface area contributed by atoms with Crippen LogP contribution in [0.2, 0.25) is 0 Å². The Bertz CT molecular complexity index is 529. The van der Waals surface area contributed by atoms with Gasteiger partial charge in [-0.15, -0.1) is 0 Å². The number of nitrogens with one attached hydrogen (secondary N) is 1. The number of hydrogen-bond donors (Lipinski definition) is 1. The molecule has 0 aliphatic heterocycles.